The van der Waals surface area contributed by atoms with Gasteiger partial charge in [0.25, 0.3) is 0 Å². The molecule has 1 rings (SSSR count). The molecule has 12 nitrogen and oxygen atoms in total. The third-order valence-corrected chi connectivity index (χ3v) is 13.4. The molecule has 1 aliphatic heterocycles. The number of carbonyl (C=O) groups is 1. The van der Waals surface area contributed by atoms with Gasteiger partial charge in [-0.1, -0.05) is 245 Å². The molecule has 0 aromatic carbocycles. The minimum Gasteiger partial charge on any atom is -0.457 e. The van der Waals surface area contributed by atoms with Gasteiger partial charge in [-0.25, -0.2) is 4.18 Å². The molecule has 388 valence electrons. The van der Waals surface area contributed by atoms with Gasteiger partial charge in [-0.05, 0) is 12.8 Å². The van der Waals surface area contributed by atoms with Crippen LogP contribution in [0.2, 0.25) is 0 Å². The van der Waals surface area contributed by atoms with E-state index >= 15 is 0 Å². The van der Waals surface area contributed by atoms with Crippen LogP contribution in [0.1, 0.15) is 264 Å². The van der Waals surface area contributed by atoms with Crippen molar-refractivity contribution < 1.29 is 56.2 Å². The Labute approximate surface area is 398 Å². The Morgan fingerprint density at radius 3 is 1.23 bits per heavy atom. The van der Waals surface area contributed by atoms with Crippen LogP contribution >= 0.6 is 0 Å². The molecule has 1 fully saturated rings. The van der Waals surface area contributed by atoms with Crippen LogP contribution in [-0.4, -0.2) is 97.5 Å². The standard InChI is InChI=1S/C52H102O12S/c1-3-5-7-9-11-13-15-17-18-19-20-21-22-23-24-25-26-27-28-30-32-34-36-38-40-42-60-44-46(45-61-52-50(56)51(64-65(57,58)59)49(55)47(43-53)63-52)62-48(54)41-39-37-35-33-31-29-16-14-12-10-8-6-4-2/h46-47,49-53,55-56H,3-45H2,1-2H3,(H,57,58,59). The smallest absolute Gasteiger partial charge is 0.397 e. The summed E-state index contributed by atoms with van der Waals surface area (Å²) in [7, 11) is -5.06. The highest BCUT2D eigenvalue weighted by Gasteiger charge is 2.48. The average molecular weight is 951 g/mol. The molecule has 0 spiro atoms. The summed E-state index contributed by atoms with van der Waals surface area (Å²) in [4.78, 5) is 12.9. The molecule has 0 aromatic heterocycles. The highest BCUT2D eigenvalue weighted by Crippen LogP contribution is 2.26. The fourth-order valence-electron chi connectivity index (χ4n) is 8.85. The Morgan fingerprint density at radius 1 is 0.523 bits per heavy atom. The normalized spacial score (nSPS) is 19.5. The summed E-state index contributed by atoms with van der Waals surface area (Å²) in [6.07, 6.45) is 40.1. The second-order valence-electron chi connectivity index (χ2n) is 19.2. The van der Waals surface area contributed by atoms with E-state index in [9.17, 15) is 33.1 Å². The molecule has 4 N–H and O–H groups in total. The Morgan fingerprint density at radius 2 is 0.877 bits per heavy atom. The largest absolute Gasteiger partial charge is 0.457 e. The van der Waals surface area contributed by atoms with E-state index in [2.05, 4.69) is 18.0 Å². The summed E-state index contributed by atoms with van der Waals surface area (Å²) in [6, 6.07) is 0. The molecule has 0 radical (unpaired) electrons. The van der Waals surface area contributed by atoms with Crippen molar-refractivity contribution >= 4 is 16.4 Å². The summed E-state index contributed by atoms with van der Waals surface area (Å²) in [5.41, 5.74) is 0. The van der Waals surface area contributed by atoms with Gasteiger partial charge in [0.05, 0.1) is 19.8 Å². The number of aliphatic hydroxyl groups excluding tert-OH is 3. The van der Waals surface area contributed by atoms with E-state index in [4.69, 9.17) is 18.9 Å². The zero-order valence-corrected chi connectivity index (χ0v) is 42.6. The van der Waals surface area contributed by atoms with E-state index in [1.807, 2.05) is 0 Å². The summed E-state index contributed by atoms with van der Waals surface area (Å²) in [5, 5.41) is 30.7. The van der Waals surface area contributed by atoms with Crippen LogP contribution in [0.15, 0.2) is 0 Å². The molecule has 1 aliphatic rings. The van der Waals surface area contributed by atoms with Gasteiger partial charge in [-0.15, -0.1) is 0 Å². The third kappa shape index (κ3) is 37.6. The number of unbranched alkanes of at least 4 members (excludes halogenated alkanes) is 36. The minimum atomic E-state index is -5.06. The molecule has 0 aliphatic carbocycles. The van der Waals surface area contributed by atoms with Crippen molar-refractivity contribution in [2.45, 2.75) is 301 Å². The number of hydrogen-bond donors (Lipinski definition) is 4. The lowest BCUT2D eigenvalue weighted by molar-refractivity contribution is -0.301. The Kier molecular flexibility index (Phi) is 42.4. The second-order valence-corrected chi connectivity index (χ2v) is 20.2. The third-order valence-electron chi connectivity index (χ3n) is 13.0. The predicted octanol–water partition coefficient (Wildman–Crippen LogP) is 12.8. The number of ether oxygens (including phenoxy) is 4. The van der Waals surface area contributed by atoms with Crippen LogP contribution in [0.5, 0.6) is 0 Å². The highest BCUT2D eigenvalue weighted by atomic mass is 32.3. The minimum absolute atomic E-state index is 0.0452. The van der Waals surface area contributed by atoms with Gasteiger partial charge in [0.15, 0.2) is 6.29 Å². The monoisotopic (exact) mass is 951 g/mol. The maximum absolute atomic E-state index is 12.9. The lowest BCUT2D eigenvalue weighted by Crippen LogP contribution is -2.60. The van der Waals surface area contributed by atoms with E-state index < -0.39 is 59.8 Å². The first-order valence-electron chi connectivity index (χ1n) is 27.3. The topological polar surface area (TPSA) is 178 Å². The first-order chi connectivity index (χ1) is 31.6. The van der Waals surface area contributed by atoms with Crippen molar-refractivity contribution in [3.05, 3.63) is 0 Å². The molecule has 13 heteroatoms. The lowest BCUT2D eigenvalue weighted by atomic mass is 9.99. The zero-order chi connectivity index (χ0) is 47.5. The van der Waals surface area contributed by atoms with Gasteiger partial charge < -0.3 is 34.3 Å². The number of carbonyl (C=O) groups excluding carboxylic acids is 1. The van der Waals surface area contributed by atoms with E-state index in [-0.39, 0.29) is 19.6 Å². The second kappa shape index (κ2) is 44.3. The van der Waals surface area contributed by atoms with Crippen LogP contribution in [-0.2, 0) is 38.3 Å². The Hall–Kier alpha value is -0.900. The van der Waals surface area contributed by atoms with Crippen LogP contribution in [0.3, 0.4) is 0 Å². The molecule has 65 heavy (non-hydrogen) atoms. The molecule has 0 aromatic rings. The highest BCUT2D eigenvalue weighted by molar-refractivity contribution is 7.80. The fraction of sp³-hybridized carbons (Fsp3) is 0.981. The maximum Gasteiger partial charge on any atom is 0.397 e. The van der Waals surface area contributed by atoms with Crippen molar-refractivity contribution in [2.75, 3.05) is 26.4 Å². The molecule has 1 saturated heterocycles. The average Bonchev–Trinajstić information content (AvgIpc) is 3.28. The van der Waals surface area contributed by atoms with Crippen LogP contribution in [0, 0.1) is 0 Å². The van der Waals surface area contributed by atoms with Gasteiger partial charge in [0.1, 0.15) is 30.5 Å². The first-order valence-corrected chi connectivity index (χ1v) is 28.7. The number of hydrogen-bond acceptors (Lipinski definition) is 11. The van der Waals surface area contributed by atoms with Crippen LogP contribution in [0.4, 0.5) is 0 Å². The van der Waals surface area contributed by atoms with E-state index in [0.717, 1.165) is 38.5 Å². The van der Waals surface area contributed by atoms with E-state index in [1.165, 1.54) is 199 Å². The van der Waals surface area contributed by atoms with Crippen molar-refractivity contribution in [1.82, 2.24) is 0 Å². The summed E-state index contributed by atoms with van der Waals surface area (Å²) >= 11 is 0. The van der Waals surface area contributed by atoms with Gasteiger partial charge >= 0.3 is 16.4 Å². The molecule has 1 heterocycles. The van der Waals surface area contributed by atoms with Crippen molar-refractivity contribution in [1.29, 1.82) is 0 Å². The van der Waals surface area contributed by atoms with Gasteiger partial charge in [-0.3, -0.25) is 9.35 Å². The van der Waals surface area contributed by atoms with E-state index in [1.54, 1.807) is 0 Å². The maximum atomic E-state index is 12.9. The van der Waals surface area contributed by atoms with Crippen molar-refractivity contribution in [3.8, 4) is 0 Å². The van der Waals surface area contributed by atoms with Crippen molar-refractivity contribution in [2.24, 2.45) is 0 Å². The summed E-state index contributed by atoms with van der Waals surface area (Å²) in [5.74, 6) is -0.392. The quantitative estimate of drug-likeness (QED) is 0.0258. The molecule has 0 bridgehead atoms. The zero-order valence-electron chi connectivity index (χ0n) is 41.8. The molecule has 0 amide bonds. The Bertz CT molecular complexity index is 1140. The Balaban J connectivity index is 2.25. The van der Waals surface area contributed by atoms with Gasteiger partial charge in [0, 0.05) is 13.0 Å². The van der Waals surface area contributed by atoms with Crippen LogP contribution < -0.4 is 0 Å². The number of aliphatic hydroxyl groups is 3. The van der Waals surface area contributed by atoms with Crippen LogP contribution in [0.25, 0.3) is 0 Å². The SMILES string of the molecule is CCCCCCCCCCCCCCCCCCCCCCCCCCCOCC(COC1OC(CO)C(O)C(OS(=O)(=O)O)C1O)OC(=O)CCCCCCCCCCCCCCC. The summed E-state index contributed by atoms with van der Waals surface area (Å²) < 4.78 is 59.3. The molecular weight excluding hydrogens is 849 g/mol. The van der Waals surface area contributed by atoms with E-state index in [0.29, 0.717) is 13.0 Å². The molecular formula is C52H102O12S. The fourth-order valence-corrected chi connectivity index (χ4v) is 9.36. The number of rotatable bonds is 49. The molecule has 6 unspecified atom stereocenters. The first kappa shape index (κ1) is 62.1. The van der Waals surface area contributed by atoms with Gasteiger partial charge in [-0.2, -0.15) is 8.42 Å². The molecule has 0 saturated carbocycles. The van der Waals surface area contributed by atoms with Gasteiger partial charge in [0.2, 0.25) is 0 Å². The van der Waals surface area contributed by atoms with Crippen molar-refractivity contribution in [3.63, 3.8) is 0 Å². The lowest BCUT2D eigenvalue weighted by Gasteiger charge is -2.41. The predicted molar refractivity (Wildman–Crippen MR) is 262 cm³/mol. The molecule has 6 atom stereocenters. The number of esters is 1. The summed E-state index contributed by atoms with van der Waals surface area (Å²) in [6.45, 7) is 4.05.